The fourth-order valence-corrected chi connectivity index (χ4v) is 10.6. The van der Waals surface area contributed by atoms with Crippen LogP contribution in [0.5, 0.6) is 0 Å². The minimum atomic E-state index is -0.298. The molecule has 0 fully saturated rings. The summed E-state index contributed by atoms with van der Waals surface area (Å²) >= 11 is 1.61. The maximum absolute atomic E-state index is 4.78. The van der Waals surface area contributed by atoms with Gasteiger partial charge in [-0.05, 0) is 52.6 Å². The zero-order valence-corrected chi connectivity index (χ0v) is 24.8. The minimum absolute atomic E-state index is 0.298. The molecule has 9 rings (SSSR count). The summed E-state index contributed by atoms with van der Waals surface area (Å²) < 4.78 is 5.66. The number of benzene rings is 5. The molecule has 1 aliphatic heterocycles. The molecule has 4 heterocycles. The van der Waals surface area contributed by atoms with E-state index in [9.17, 15) is 0 Å². The number of rotatable bonds is 2. The minimum Gasteiger partial charge on any atom is -0.254 e. The van der Waals surface area contributed by atoms with E-state index in [1.807, 2.05) is 35.9 Å². The van der Waals surface area contributed by atoms with E-state index >= 15 is 0 Å². The van der Waals surface area contributed by atoms with Crippen molar-refractivity contribution in [3.8, 4) is 22.3 Å². The van der Waals surface area contributed by atoms with Crippen LogP contribution in [0, 0.1) is 3.57 Å². The number of halogens is 1. The molecule has 0 radical (unpaired) electrons. The molecular formula is C37H21IN2S. The van der Waals surface area contributed by atoms with Crippen LogP contribution >= 0.6 is 32.1 Å². The van der Waals surface area contributed by atoms with E-state index in [-0.39, 0.29) is 20.7 Å². The molecule has 0 spiro atoms. The summed E-state index contributed by atoms with van der Waals surface area (Å²) in [4.78, 5) is 9.46. The monoisotopic (exact) mass is 652 g/mol. The van der Waals surface area contributed by atoms with Gasteiger partial charge in [-0.15, -0.1) is 11.3 Å². The Labute approximate surface area is 250 Å². The highest BCUT2D eigenvalue weighted by Crippen LogP contribution is 2.49. The predicted molar refractivity (Wildman–Crippen MR) is 183 cm³/mol. The number of thiophene rings is 1. The summed E-state index contributed by atoms with van der Waals surface area (Å²) in [5, 5.41) is 4.95. The zero-order valence-electron chi connectivity index (χ0n) is 21.8. The summed E-state index contributed by atoms with van der Waals surface area (Å²) in [5.41, 5.74) is 9.90. The molecule has 4 heteroatoms. The predicted octanol–water partition coefficient (Wildman–Crippen LogP) is 10.2. The Hall–Kier alpha value is -4.26. The molecule has 0 bridgehead atoms. The van der Waals surface area contributed by atoms with Crippen molar-refractivity contribution in [1.82, 2.24) is 9.97 Å². The maximum atomic E-state index is 4.78. The Morgan fingerprint density at radius 1 is 0.561 bits per heavy atom. The Morgan fingerprint density at radius 3 is 2.27 bits per heavy atom. The van der Waals surface area contributed by atoms with Gasteiger partial charge in [0.05, 0.1) is 11.0 Å². The van der Waals surface area contributed by atoms with E-state index in [0.29, 0.717) is 0 Å². The van der Waals surface area contributed by atoms with E-state index in [4.69, 9.17) is 4.98 Å². The van der Waals surface area contributed by atoms with Gasteiger partial charge in [-0.1, -0.05) is 106 Å². The van der Waals surface area contributed by atoms with Crippen LogP contribution in [0.3, 0.4) is 0 Å². The van der Waals surface area contributed by atoms with Crippen LogP contribution in [0.2, 0.25) is 0 Å². The van der Waals surface area contributed by atoms with Crippen LogP contribution in [0.15, 0.2) is 128 Å². The van der Waals surface area contributed by atoms with Crippen molar-refractivity contribution >= 4 is 77.6 Å². The van der Waals surface area contributed by atoms with Gasteiger partial charge in [0.1, 0.15) is 0 Å². The molecular weight excluding hydrogens is 631 g/mol. The molecule has 8 aromatic rings. The Kier molecular flexibility index (Phi) is 5.22. The second-order valence-electron chi connectivity index (χ2n) is 10.3. The van der Waals surface area contributed by atoms with Crippen LogP contribution in [0.4, 0.5) is 0 Å². The quantitative estimate of drug-likeness (QED) is 0.137. The lowest BCUT2D eigenvalue weighted by molar-refractivity contribution is 1.37. The van der Waals surface area contributed by atoms with Crippen molar-refractivity contribution in [3.05, 3.63) is 142 Å². The molecule has 5 aromatic carbocycles. The third-order valence-electron chi connectivity index (χ3n) is 8.02. The maximum Gasteiger partial charge on any atom is 0.0970 e. The third-order valence-corrected chi connectivity index (χ3v) is 12.5. The van der Waals surface area contributed by atoms with Gasteiger partial charge < -0.3 is 0 Å². The van der Waals surface area contributed by atoms with Gasteiger partial charge in [-0.3, -0.25) is 9.97 Å². The summed E-state index contributed by atoms with van der Waals surface area (Å²) in [5.74, 6) is 0. The Morgan fingerprint density at radius 2 is 1.34 bits per heavy atom. The molecule has 0 amide bonds. The summed E-state index contributed by atoms with van der Waals surface area (Å²) in [6.45, 7) is 0. The van der Waals surface area contributed by atoms with E-state index in [2.05, 4.69) is 108 Å². The number of hydrogen-bond acceptors (Lipinski definition) is 3. The van der Waals surface area contributed by atoms with Gasteiger partial charge >= 0.3 is 0 Å². The van der Waals surface area contributed by atoms with Crippen molar-refractivity contribution in [1.29, 1.82) is 0 Å². The fourth-order valence-electron chi connectivity index (χ4n) is 6.26. The topological polar surface area (TPSA) is 25.8 Å². The summed E-state index contributed by atoms with van der Waals surface area (Å²) in [6, 6.07) is 42.2. The molecule has 1 aliphatic rings. The van der Waals surface area contributed by atoms with E-state index in [0.717, 1.165) is 21.8 Å². The average Bonchev–Trinajstić information content (AvgIpc) is 3.43. The van der Waals surface area contributed by atoms with Gasteiger partial charge in [0.25, 0.3) is 0 Å². The highest BCUT2D eigenvalue weighted by Gasteiger charge is 2.25. The van der Waals surface area contributed by atoms with Crippen LogP contribution in [-0.4, -0.2) is 13.5 Å². The van der Waals surface area contributed by atoms with Gasteiger partial charge in [-0.25, -0.2) is 0 Å². The van der Waals surface area contributed by atoms with Crippen molar-refractivity contribution in [2.45, 2.75) is 0 Å². The SMILES string of the molecule is c1ccc(C2=Ic3ccccc3-c3c2ccc2sc4c(-c5cc6cccnc6c6ncccc56)cccc4c32)cc1. The molecule has 3 aromatic heterocycles. The Balaban J connectivity index is 1.39. The van der Waals surface area contributed by atoms with Crippen molar-refractivity contribution in [3.63, 3.8) is 0 Å². The van der Waals surface area contributed by atoms with Crippen LogP contribution in [-0.2, 0) is 0 Å². The molecule has 0 aliphatic carbocycles. The molecule has 192 valence electrons. The highest BCUT2D eigenvalue weighted by atomic mass is 127. The summed E-state index contributed by atoms with van der Waals surface area (Å²) in [6.07, 6.45) is 3.72. The molecule has 0 N–H and O–H groups in total. The van der Waals surface area contributed by atoms with Crippen LogP contribution in [0.1, 0.15) is 11.1 Å². The number of hydrogen-bond donors (Lipinski definition) is 0. The second kappa shape index (κ2) is 9.13. The zero-order chi connectivity index (χ0) is 26.9. The first kappa shape index (κ1) is 23.4. The first-order valence-electron chi connectivity index (χ1n) is 13.6. The smallest absolute Gasteiger partial charge is 0.0970 e. The lowest BCUT2D eigenvalue weighted by Crippen LogP contribution is -2.07. The van der Waals surface area contributed by atoms with Gasteiger partial charge in [0.2, 0.25) is 0 Å². The number of pyridine rings is 2. The van der Waals surface area contributed by atoms with Crippen molar-refractivity contribution in [2.24, 2.45) is 0 Å². The van der Waals surface area contributed by atoms with E-state index < -0.39 is 0 Å². The third kappa shape index (κ3) is 3.51. The molecule has 0 atom stereocenters. The van der Waals surface area contributed by atoms with Crippen LogP contribution < -0.4 is 0 Å². The lowest BCUT2D eigenvalue weighted by atomic mass is 9.90. The Bertz CT molecular complexity index is 2370. The molecule has 0 unspecified atom stereocenters. The molecule has 0 saturated carbocycles. The average molecular weight is 653 g/mol. The van der Waals surface area contributed by atoms with Gasteiger partial charge in [0, 0.05) is 61.5 Å². The number of nitrogens with zero attached hydrogens (tertiary/aromatic N) is 2. The summed E-state index contributed by atoms with van der Waals surface area (Å²) in [7, 11) is 0. The van der Waals surface area contributed by atoms with Gasteiger partial charge in [0.15, 0.2) is 0 Å². The standard InChI is InChI=1S/C37H21IN2S/c1-2-9-22(10-3-1)34-27-17-18-31-33(32(27)26-12-4-5-16-30(26)38-34)28-14-6-13-25(37(28)41-31)29-21-23-11-7-19-39-35(23)36-24(29)15-8-20-40-36/h1-21H. The second-order valence-corrected chi connectivity index (χ2v) is 14.1. The molecule has 41 heavy (non-hydrogen) atoms. The van der Waals surface area contributed by atoms with E-state index in [1.54, 1.807) is 0 Å². The van der Waals surface area contributed by atoms with Gasteiger partial charge in [-0.2, -0.15) is 0 Å². The number of aromatic nitrogens is 2. The first-order chi connectivity index (χ1) is 20.3. The first-order valence-corrected chi connectivity index (χ1v) is 16.6. The van der Waals surface area contributed by atoms with Crippen molar-refractivity contribution < 1.29 is 0 Å². The fraction of sp³-hybridized carbons (Fsp3) is 0. The molecule has 2 nitrogen and oxygen atoms in total. The molecule has 0 saturated heterocycles. The largest absolute Gasteiger partial charge is 0.254 e. The highest BCUT2D eigenvalue weighted by molar-refractivity contribution is 14.2. The number of fused-ring (bicyclic) bond motifs is 10. The van der Waals surface area contributed by atoms with Crippen molar-refractivity contribution in [2.75, 3.05) is 0 Å². The normalized spacial score (nSPS) is 12.7. The lowest BCUT2D eigenvalue weighted by Gasteiger charge is -2.21. The van der Waals surface area contributed by atoms with E-state index in [1.165, 1.54) is 60.6 Å². The van der Waals surface area contributed by atoms with Crippen LogP contribution in [0.25, 0.3) is 64.2 Å².